The molecule has 0 aromatic carbocycles. The van der Waals surface area contributed by atoms with Crippen molar-refractivity contribution in [2.75, 3.05) is 6.61 Å². The highest BCUT2D eigenvalue weighted by Crippen LogP contribution is 2.34. The Kier molecular flexibility index (Phi) is 1.91. The van der Waals surface area contributed by atoms with Gasteiger partial charge < -0.3 is 5.11 Å². The highest BCUT2D eigenvalue weighted by molar-refractivity contribution is 5.09. The standard InChI is InChI=1S/C8H14O/c1-6-3-4-8(5-9)7(6)2/h6,8-9H,2-5H2,1H3/t6-,8+/m1/s1. The topological polar surface area (TPSA) is 20.2 Å². The SMILES string of the molecule is C=C1[C@H](CO)CC[C@H]1C. The van der Waals surface area contributed by atoms with Crippen LogP contribution in [-0.4, -0.2) is 11.7 Å². The minimum atomic E-state index is 0.295. The van der Waals surface area contributed by atoms with Crippen LogP contribution in [0.3, 0.4) is 0 Å². The second-order valence-corrected chi connectivity index (χ2v) is 2.93. The molecule has 1 fully saturated rings. The van der Waals surface area contributed by atoms with Crippen LogP contribution in [0.2, 0.25) is 0 Å². The fraction of sp³-hybridized carbons (Fsp3) is 0.750. The first-order valence-electron chi connectivity index (χ1n) is 3.55. The molecule has 0 amide bonds. The van der Waals surface area contributed by atoms with Crippen molar-refractivity contribution in [2.24, 2.45) is 11.8 Å². The number of aliphatic hydroxyl groups excluding tert-OH is 1. The molecule has 0 aromatic rings. The number of hydrogen-bond acceptors (Lipinski definition) is 1. The van der Waals surface area contributed by atoms with Crippen LogP contribution in [0, 0.1) is 11.8 Å². The first-order chi connectivity index (χ1) is 4.25. The van der Waals surface area contributed by atoms with Crippen LogP contribution < -0.4 is 0 Å². The van der Waals surface area contributed by atoms with E-state index in [0.29, 0.717) is 18.4 Å². The molecule has 1 aliphatic carbocycles. The van der Waals surface area contributed by atoms with E-state index < -0.39 is 0 Å². The minimum absolute atomic E-state index is 0.295. The Hall–Kier alpha value is -0.300. The Morgan fingerprint density at radius 1 is 1.67 bits per heavy atom. The van der Waals surface area contributed by atoms with E-state index in [4.69, 9.17) is 5.11 Å². The van der Waals surface area contributed by atoms with Crippen molar-refractivity contribution in [2.45, 2.75) is 19.8 Å². The molecular formula is C8H14O. The summed E-state index contributed by atoms with van der Waals surface area (Å²) in [5.74, 6) is 1.04. The van der Waals surface area contributed by atoms with E-state index in [-0.39, 0.29) is 0 Å². The van der Waals surface area contributed by atoms with Crippen LogP contribution in [0.15, 0.2) is 12.2 Å². The summed E-state index contributed by atoms with van der Waals surface area (Å²) >= 11 is 0. The average molecular weight is 126 g/mol. The Morgan fingerprint density at radius 2 is 2.33 bits per heavy atom. The van der Waals surface area contributed by atoms with E-state index in [1.807, 2.05) is 0 Å². The van der Waals surface area contributed by atoms with Crippen LogP contribution >= 0.6 is 0 Å². The van der Waals surface area contributed by atoms with Crippen molar-refractivity contribution in [1.82, 2.24) is 0 Å². The fourth-order valence-corrected chi connectivity index (χ4v) is 1.43. The van der Waals surface area contributed by atoms with Gasteiger partial charge in [0.05, 0.1) is 0 Å². The van der Waals surface area contributed by atoms with Gasteiger partial charge in [0.25, 0.3) is 0 Å². The molecule has 0 aliphatic heterocycles. The molecule has 1 rings (SSSR count). The smallest absolute Gasteiger partial charge is 0.0496 e. The summed E-state index contributed by atoms with van der Waals surface area (Å²) < 4.78 is 0. The van der Waals surface area contributed by atoms with E-state index in [2.05, 4.69) is 13.5 Å². The van der Waals surface area contributed by atoms with E-state index >= 15 is 0 Å². The molecule has 2 atom stereocenters. The molecule has 0 unspecified atom stereocenters. The molecule has 0 saturated heterocycles. The Morgan fingerprint density at radius 3 is 2.56 bits per heavy atom. The normalized spacial score (nSPS) is 35.6. The van der Waals surface area contributed by atoms with Crippen LogP contribution in [0.25, 0.3) is 0 Å². The lowest BCUT2D eigenvalue weighted by Gasteiger charge is -2.07. The fourth-order valence-electron chi connectivity index (χ4n) is 1.43. The van der Waals surface area contributed by atoms with Gasteiger partial charge in [-0.2, -0.15) is 0 Å². The van der Waals surface area contributed by atoms with Gasteiger partial charge in [-0.25, -0.2) is 0 Å². The Labute approximate surface area is 56.4 Å². The highest BCUT2D eigenvalue weighted by atomic mass is 16.3. The van der Waals surface area contributed by atoms with E-state index in [1.54, 1.807) is 0 Å². The third-order valence-electron chi connectivity index (χ3n) is 2.33. The molecule has 9 heavy (non-hydrogen) atoms. The van der Waals surface area contributed by atoms with Gasteiger partial charge in [0.1, 0.15) is 0 Å². The van der Waals surface area contributed by atoms with Gasteiger partial charge in [0.15, 0.2) is 0 Å². The van der Waals surface area contributed by atoms with Crippen LogP contribution in [0.1, 0.15) is 19.8 Å². The van der Waals surface area contributed by atoms with Crippen LogP contribution in [0.5, 0.6) is 0 Å². The van der Waals surface area contributed by atoms with E-state index in [0.717, 1.165) is 6.42 Å². The third-order valence-corrected chi connectivity index (χ3v) is 2.33. The first kappa shape index (κ1) is 6.81. The van der Waals surface area contributed by atoms with Crippen molar-refractivity contribution < 1.29 is 5.11 Å². The molecule has 52 valence electrons. The summed E-state index contributed by atoms with van der Waals surface area (Å²) in [6.07, 6.45) is 2.35. The van der Waals surface area contributed by atoms with Crippen molar-refractivity contribution in [3.63, 3.8) is 0 Å². The molecular weight excluding hydrogens is 112 g/mol. The van der Waals surface area contributed by atoms with Crippen molar-refractivity contribution in [3.05, 3.63) is 12.2 Å². The maximum atomic E-state index is 8.79. The Balaban J connectivity index is 2.51. The van der Waals surface area contributed by atoms with Gasteiger partial charge in [-0.15, -0.1) is 0 Å². The van der Waals surface area contributed by atoms with Crippen molar-refractivity contribution in [3.8, 4) is 0 Å². The molecule has 1 heteroatoms. The third kappa shape index (κ3) is 1.16. The Bertz CT molecular complexity index is 118. The van der Waals surface area contributed by atoms with Gasteiger partial charge >= 0.3 is 0 Å². The van der Waals surface area contributed by atoms with Gasteiger partial charge in [0, 0.05) is 12.5 Å². The largest absolute Gasteiger partial charge is 0.396 e. The van der Waals surface area contributed by atoms with Crippen LogP contribution in [-0.2, 0) is 0 Å². The zero-order chi connectivity index (χ0) is 6.85. The molecule has 1 aliphatic rings. The summed E-state index contributed by atoms with van der Waals surface area (Å²) in [4.78, 5) is 0. The summed E-state index contributed by atoms with van der Waals surface area (Å²) in [6, 6.07) is 0. The van der Waals surface area contributed by atoms with Crippen LogP contribution in [0.4, 0.5) is 0 Å². The summed E-state index contributed by atoms with van der Waals surface area (Å²) in [6.45, 7) is 6.40. The average Bonchev–Trinajstić information content (AvgIpc) is 2.15. The predicted molar refractivity (Wildman–Crippen MR) is 38.1 cm³/mol. The second kappa shape index (κ2) is 2.53. The first-order valence-corrected chi connectivity index (χ1v) is 3.55. The quantitative estimate of drug-likeness (QED) is 0.529. The lowest BCUT2D eigenvalue weighted by Crippen LogP contribution is -2.02. The van der Waals surface area contributed by atoms with Gasteiger partial charge in [-0.05, 0) is 18.8 Å². The monoisotopic (exact) mass is 126 g/mol. The lowest BCUT2D eigenvalue weighted by atomic mass is 10.0. The minimum Gasteiger partial charge on any atom is -0.396 e. The predicted octanol–water partition coefficient (Wildman–Crippen LogP) is 1.58. The maximum Gasteiger partial charge on any atom is 0.0496 e. The molecule has 0 spiro atoms. The number of aliphatic hydroxyl groups is 1. The van der Waals surface area contributed by atoms with Crippen molar-refractivity contribution in [1.29, 1.82) is 0 Å². The summed E-state index contributed by atoms with van der Waals surface area (Å²) in [7, 11) is 0. The van der Waals surface area contributed by atoms with E-state index in [1.165, 1.54) is 12.0 Å². The molecule has 0 aromatic heterocycles. The van der Waals surface area contributed by atoms with Gasteiger partial charge in [0.2, 0.25) is 0 Å². The van der Waals surface area contributed by atoms with Gasteiger partial charge in [-0.1, -0.05) is 19.1 Å². The summed E-state index contributed by atoms with van der Waals surface area (Å²) in [5.41, 5.74) is 1.25. The lowest BCUT2D eigenvalue weighted by molar-refractivity contribution is 0.249. The molecule has 0 radical (unpaired) electrons. The molecule has 0 bridgehead atoms. The molecule has 1 N–H and O–H groups in total. The number of hydrogen-bond donors (Lipinski definition) is 1. The zero-order valence-corrected chi connectivity index (χ0v) is 5.93. The van der Waals surface area contributed by atoms with E-state index in [9.17, 15) is 0 Å². The molecule has 1 saturated carbocycles. The number of rotatable bonds is 1. The second-order valence-electron chi connectivity index (χ2n) is 2.93. The zero-order valence-electron chi connectivity index (χ0n) is 5.93. The molecule has 1 nitrogen and oxygen atoms in total. The highest BCUT2D eigenvalue weighted by Gasteiger charge is 2.24. The van der Waals surface area contributed by atoms with Crippen molar-refractivity contribution >= 4 is 0 Å². The summed E-state index contributed by atoms with van der Waals surface area (Å²) in [5, 5.41) is 8.79. The molecule has 0 heterocycles. The van der Waals surface area contributed by atoms with Gasteiger partial charge in [-0.3, -0.25) is 0 Å². The maximum absolute atomic E-state index is 8.79.